The van der Waals surface area contributed by atoms with E-state index < -0.39 is 0 Å². The minimum Gasteiger partial charge on any atom is -0.432 e. The molecule has 0 fully saturated rings. The average molecular weight is 275 g/mol. The van der Waals surface area contributed by atoms with Crippen LogP contribution in [0.5, 0.6) is 0 Å². The molecule has 0 unspecified atom stereocenters. The summed E-state index contributed by atoms with van der Waals surface area (Å²) in [7, 11) is 0. The van der Waals surface area contributed by atoms with Gasteiger partial charge in [0, 0.05) is 32.0 Å². The first-order valence-corrected chi connectivity index (χ1v) is 7.12. The Morgan fingerprint density at radius 1 is 1.40 bits per heavy atom. The minimum absolute atomic E-state index is 0.641. The zero-order chi connectivity index (χ0) is 13.9. The standard InChI is InChI=1S/C14H21N5O/c1-11(2)7-15-8-12-10-20-14(17-12)19-6-5-18-4-3-16-13(18)9-19/h3-4,10-11,15H,5-9H2,1-2H3. The number of nitrogens with zero attached hydrogens (tertiary/aromatic N) is 4. The van der Waals surface area contributed by atoms with Gasteiger partial charge in [0.05, 0.1) is 12.2 Å². The van der Waals surface area contributed by atoms with Gasteiger partial charge >= 0.3 is 0 Å². The lowest BCUT2D eigenvalue weighted by atomic mass is 10.2. The zero-order valence-electron chi connectivity index (χ0n) is 12.0. The predicted molar refractivity (Wildman–Crippen MR) is 76.3 cm³/mol. The molecule has 0 amide bonds. The SMILES string of the molecule is CC(C)CNCc1coc(N2CCn3ccnc3C2)n1. The van der Waals surface area contributed by atoms with E-state index in [1.807, 2.05) is 12.4 Å². The molecule has 0 aliphatic carbocycles. The molecule has 0 atom stereocenters. The molecule has 1 aliphatic heterocycles. The van der Waals surface area contributed by atoms with Crippen LogP contribution in [0.25, 0.3) is 0 Å². The fourth-order valence-corrected chi connectivity index (χ4v) is 2.35. The molecule has 2 aromatic heterocycles. The first-order valence-electron chi connectivity index (χ1n) is 7.12. The Balaban J connectivity index is 1.60. The van der Waals surface area contributed by atoms with Gasteiger partial charge in [-0.15, -0.1) is 0 Å². The molecule has 0 bridgehead atoms. The molecule has 3 heterocycles. The number of aromatic nitrogens is 3. The third kappa shape index (κ3) is 2.85. The van der Waals surface area contributed by atoms with E-state index in [0.717, 1.165) is 44.2 Å². The van der Waals surface area contributed by atoms with Crippen molar-refractivity contribution in [2.24, 2.45) is 5.92 Å². The molecule has 20 heavy (non-hydrogen) atoms. The lowest BCUT2D eigenvalue weighted by Crippen LogP contribution is -2.33. The normalized spacial score (nSPS) is 14.8. The van der Waals surface area contributed by atoms with E-state index in [0.29, 0.717) is 11.9 Å². The summed E-state index contributed by atoms with van der Waals surface area (Å²) in [6.07, 6.45) is 5.60. The summed E-state index contributed by atoms with van der Waals surface area (Å²) in [5.41, 5.74) is 0.953. The van der Waals surface area contributed by atoms with Crippen molar-refractivity contribution < 1.29 is 4.42 Å². The quantitative estimate of drug-likeness (QED) is 0.899. The number of oxazole rings is 1. The smallest absolute Gasteiger partial charge is 0.297 e. The fraction of sp³-hybridized carbons (Fsp3) is 0.571. The van der Waals surface area contributed by atoms with Crippen molar-refractivity contribution >= 4 is 6.01 Å². The first kappa shape index (κ1) is 13.2. The van der Waals surface area contributed by atoms with Gasteiger partial charge in [-0.05, 0) is 12.5 Å². The molecular formula is C14H21N5O. The third-order valence-electron chi connectivity index (χ3n) is 3.41. The van der Waals surface area contributed by atoms with E-state index in [1.165, 1.54) is 0 Å². The predicted octanol–water partition coefficient (Wildman–Crippen LogP) is 1.64. The van der Waals surface area contributed by atoms with Crippen LogP contribution in [-0.4, -0.2) is 27.6 Å². The van der Waals surface area contributed by atoms with Crippen LogP contribution in [0.15, 0.2) is 23.1 Å². The lowest BCUT2D eigenvalue weighted by Gasteiger charge is -2.25. The molecule has 6 heteroatoms. The zero-order valence-corrected chi connectivity index (χ0v) is 12.0. The van der Waals surface area contributed by atoms with Crippen molar-refractivity contribution in [1.29, 1.82) is 0 Å². The molecule has 0 spiro atoms. The topological polar surface area (TPSA) is 59.1 Å². The van der Waals surface area contributed by atoms with Crippen LogP contribution in [0.2, 0.25) is 0 Å². The van der Waals surface area contributed by atoms with Gasteiger partial charge < -0.3 is 19.2 Å². The van der Waals surface area contributed by atoms with Crippen molar-refractivity contribution in [3.8, 4) is 0 Å². The van der Waals surface area contributed by atoms with E-state index in [9.17, 15) is 0 Å². The van der Waals surface area contributed by atoms with Crippen LogP contribution in [0, 0.1) is 5.92 Å². The van der Waals surface area contributed by atoms with Crippen LogP contribution >= 0.6 is 0 Å². The van der Waals surface area contributed by atoms with Gasteiger partial charge in [0.1, 0.15) is 12.1 Å². The van der Waals surface area contributed by atoms with Gasteiger partial charge in [-0.1, -0.05) is 13.8 Å². The van der Waals surface area contributed by atoms with Gasteiger partial charge in [-0.3, -0.25) is 0 Å². The Kier molecular flexibility index (Phi) is 3.73. The van der Waals surface area contributed by atoms with Gasteiger partial charge in [-0.25, -0.2) is 4.98 Å². The second kappa shape index (κ2) is 5.66. The van der Waals surface area contributed by atoms with Crippen LogP contribution in [-0.2, 0) is 19.6 Å². The highest BCUT2D eigenvalue weighted by Crippen LogP contribution is 2.19. The number of anilines is 1. The first-order chi connectivity index (χ1) is 9.72. The Labute approximate surface area is 118 Å². The number of hydrogen-bond donors (Lipinski definition) is 1. The van der Waals surface area contributed by atoms with Crippen LogP contribution < -0.4 is 10.2 Å². The summed E-state index contributed by atoms with van der Waals surface area (Å²) in [6, 6.07) is 0.695. The number of nitrogens with one attached hydrogen (secondary N) is 1. The van der Waals surface area contributed by atoms with Gasteiger partial charge in [0.15, 0.2) is 0 Å². The lowest BCUT2D eigenvalue weighted by molar-refractivity contribution is 0.484. The largest absolute Gasteiger partial charge is 0.432 e. The Hall–Kier alpha value is -1.82. The number of hydrogen-bond acceptors (Lipinski definition) is 5. The van der Waals surface area contributed by atoms with Gasteiger partial charge in [0.2, 0.25) is 0 Å². The van der Waals surface area contributed by atoms with E-state index in [2.05, 4.69) is 38.6 Å². The summed E-state index contributed by atoms with van der Waals surface area (Å²) >= 11 is 0. The summed E-state index contributed by atoms with van der Waals surface area (Å²) < 4.78 is 7.76. The molecule has 1 N–H and O–H groups in total. The van der Waals surface area contributed by atoms with Crippen molar-refractivity contribution in [2.75, 3.05) is 18.0 Å². The Morgan fingerprint density at radius 2 is 2.30 bits per heavy atom. The molecule has 6 nitrogen and oxygen atoms in total. The van der Waals surface area contributed by atoms with Crippen LogP contribution in [0.4, 0.5) is 6.01 Å². The Bertz CT molecular complexity index is 559. The molecule has 1 aliphatic rings. The van der Waals surface area contributed by atoms with Crippen molar-refractivity contribution in [3.63, 3.8) is 0 Å². The average Bonchev–Trinajstić information content (AvgIpc) is 3.05. The van der Waals surface area contributed by atoms with E-state index in [4.69, 9.17) is 4.42 Å². The maximum absolute atomic E-state index is 5.59. The molecule has 0 radical (unpaired) electrons. The van der Waals surface area contributed by atoms with Crippen molar-refractivity contribution in [3.05, 3.63) is 30.2 Å². The summed E-state index contributed by atoms with van der Waals surface area (Å²) in [6.45, 7) is 8.72. The Morgan fingerprint density at radius 3 is 3.15 bits per heavy atom. The maximum Gasteiger partial charge on any atom is 0.297 e. The minimum atomic E-state index is 0.641. The fourth-order valence-electron chi connectivity index (χ4n) is 2.35. The highest BCUT2D eigenvalue weighted by molar-refractivity contribution is 5.29. The molecule has 2 aromatic rings. The molecule has 0 aromatic carbocycles. The molecule has 108 valence electrons. The highest BCUT2D eigenvalue weighted by atomic mass is 16.4. The van der Waals surface area contributed by atoms with Crippen molar-refractivity contribution in [1.82, 2.24) is 19.9 Å². The second-order valence-corrected chi connectivity index (χ2v) is 5.60. The van der Waals surface area contributed by atoms with Gasteiger partial charge in [-0.2, -0.15) is 4.98 Å². The van der Waals surface area contributed by atoms with E-state index >= 15 is 0 Å². The molecule has 0 saturated heterocycles. The summed E-state index contributed by atoms with van der Waals surface area (Å²) in [4.78, 5) is 11.0. The second-order valence-electron chi connectivity index (χ2n) is 5.60. The highest BCUT2D eigenvalue weighted by Gasteiger charge is 2.20. The number of fused-ring (bicyclic) bond motifs is 1. The molecule has 3 rings (SSSR count). The van der Waals surface area contributed by atoms with E-state index in [1.54, 1.807) is 6.26 Å². The number of imidazole rings is 1. The number of rotatable bonds is 5. The summed E-state index contributed by atoms with van der Waals surface area (Å²) in [5, 5.41) is 3.37. The van der Waals surface area contributed by atoms with Crippen molar-refractivity contribution in [2.45, 2.75) is 33.5 Å². The van der Waals surface area contributed by atoms with E-state index in [-0.39, 0.29) is 0 Å². The molecule has 0 saturated carbocycles. The van der Waals surface area contributed by atoms with Crippen LogP contribution in [0.3, 0.4) is 0 Å². The third-order valence-corrected chi connectivity index (χ3v) is 3.41. The molecular weight excluding hydrogens is 254 g/mol. The maximum atomic E-state index is 5.59. The van der Waals surface area contributed by atoms with Gasteiger partial charge in [0.25, 0.3) is 6.01 Å². The van der Waals surface area contributed by atoms with Crippen LogP contribution in [0.1, 0.15) is 25.4 Å². The summed E-state index contributed by atoms with van der Waals surface area (Å²) in [5.74, 6) is 1.70. The monoisotopic (exact) mass is 275 g/mol.